The summed E-state index contributed by atoms with van der Waals surface area (Å²) >= 11 is 0. The molecular weight excluding hydrogens is 373 g/mol. The number of carbonyl (C=O) groups is 2. The maximum Gasteiger partial charge on any atom is 0.263 e. The number of halogens is 1. The lowest BCUT2D eigenvalue weighted by Gasteiger charge is -2.35. The molecule has 0 unspecified atom stereocenters. The molecule has 154 valence electrons. The van der Waals surface area contributed by atoms with Gasteiger partial charge in [0.1, 0.15) is 11.6 Å². The van der Waals surface area contributed by atoms with Gasteiger partial charge in [0.15, 0.2) is 6.10 Å². The number of ether oxygens (including phenoxy) is 1. The number of aryl methyl sites for hydroxylation is 1. The smallest absolute Gasteiger partial charge is 0.263 e. The number of anilines is 1. The first-order valence-electron chi connectivity index (χ1n) is 9.70. The van der Waals surface area contributed by atoms with Gasteiger partial charge >= 0.3 is 0 Å². The minimum absolute atomic E-state index is 0.0679. The fraction of sp³-hybridized carbons (Fsp3) is 0.364. The lowest BCUT2D eigenvalue weighted by Crippen LogP contribution is -2.53. The first kappa shape index (κ1) is 20.8. The third-order valence-corrected chi connectivity index (χ3v) is 4.86. The van der Waals surface area contributed by atoms with E-state index < -0.39 is 6.10 Å². The van der Waals surface area contributed by atoms with Crippen molar-refractivity contribution in [3.63, 3.8) is 0 Å². The number of nitrogens with one attached hydrogen (secondary N) is 1. The Balaban J connectivity index is 1.43. The number of amides is 2. The minimum atomic E-state index is -0.656. The van der Waals surface area contributed by atoms with Crippen LogP contribution in [-0.2, 0) is 9.59 Å². The van der Waals surface area contributed by atoms with Gasteiger partial charge in [-0.3, -0.25) is 14.5 Å². The Bertz CT molecular complexity index is 831. The topological polar surface area (TPSA) is 61.9 Å². The molecule has 1 saturated heterocycles. The summed E-state index contributed by atoms with van der Waals surface area (Å²) in [5.41, 5.74) is 1.92. The zero-order valence-electron chi connectivity index (χ0n) is 16.7. The average Bonchev–Trinajstić information content (AvgIpc) is 2.71. The molecule has 6 nitrogen and oxygen atoms in total. The van der Waals surface area contributed by atoms with Crippen LogP contribution < -0.4 is 10.1 Å². The summed E-state index contributed by atoms with van der Waals surface area (Å²) in [5.74, 6) is -0.0720. The molecule has 1 fully saturated rings. The number of rotatable bonds is 6. The van der Waals surface area contributed by atoms with Gasteiger partial charge in [-0.25, -0.2) is 4.39 Å². The molecule has 2 amide bonds. The lowest BCUT2D eigenvalue weighted by atomic mass is 10.2. The van der Waals surface area contributed by atoms with E-state index in [1.54, 1.807) is 11.8 Å². The van der Waals surface area contributed by atoms with Gasteiger partial charge in [-0.05, 0) is 50.2 Å². The predicted octanol–water partition coefficient (Wildman–Crippen LogP) is 2.68. The van der Waals surface area contributed by atoms with Crippen LogP contribution in [0.4, 0.5) is 10.1 Å². The molecule has 0 saturated carbocycles. The van der Waals surface area contributed by atoms with Gasteiger partial charge in [-0.15, -0.1) is 0 Å². The summed E-state index contributed by atoms with van der Waals surface area (Å²) in [7, 11) is 0. The van der Waals surface area contributed by atoms with E-state index in [-0.39, 0.29) is 24.2 Å². The number of piperazine rings is 1. The highest BCUT2D eigenvalue weighted by Gasteiger charge is 2.26. The summed E-state index contributed by atoms with van der Waals surface area (Å²) in [4.78, 5) is 28.6. The molecule has 1 aliphatic heterocycles. The van der Waals surface area contributed by atoms with E-state index in [2.05, 4.69) is 5.32 Å². The van der Waals surface area contributed by atoms with Crippen LogP contribution in [0.5, 0.6) is 5.75 Å². The molecule has 1 N–H and O–H groups in total. The molecule has 1 aliphatic rings. The Kier molecular flexibility index (Phi) is 6.82. The zero-order chi connectivity index (χ0) is 20.8. The van der Waals surface area contributed by atoms with E-state index in [1.165, 1.54) is 24.3 Å². The van der Waals surface area contributed by atoms with Crippen molar-refractivity contribution in [3.05, 3.63) is 59.9 Å². The number of hydrogen-bond acceptors (Lipinski definition) is 4. The fourth-order valence-corrected chi connectivity index (χ4v) is 3.19. The van der Waals surface area contributed by atoms with Crippen molar-refractivity contribution in [2.45, 2.75) is 20.0 Å². The lowest BCUT2D eigenvalue weighted by molar-refractivity contribution is -0.139. The third kappa shape index (κ3) is 6.02. The van der Waals surface area contributed by atoms with Crippen LogP contribution in [-0.4, -0.2) is 60.4 Å². The monoisotopic (exact) mass is 399 g/mol. The second kappa shape index (κ2) is 9.52. The van der Waals surface area contributed by atoms with E-state index >= 15 is 0 Å². The molecule has 7 heteroatoms. The molecule has 29 heavy (non-hydrogen) atoms. The average molecular weight is 399 g/mol. The van der Waals surface area contributed by atoms with E-state index in [0.29, 0.717) is 31.9 Å². The summed E-state index contributed by atoms with van der Waals surface area (Å²) in [6.45, 7) is 6.29. The molecule has 2 aromatic carbocycles. The fourth-order valence-electron chi connectivity index (χ4n) is 3.19. The SMILES string of the molecule is Cc1ccc(NC(=O)CN2CCN(C(=O)[C@@H](C)Oc3ccc(F)cc3)CC2)cc1. The largest absolute Gasteiger partial charge is 0.481 e. The molecule has 0 bridgehead atoms. The van der Waals surface area contributed by atoms with E-state index in [1.807, 2.05) is 36.1 Å². The van der Waals surface area contributed by atoms with Crippen LogP contribution in [0.25, 0.3) is 0 Å². The maximum absolute atomic E-state index is 13.0. The van der Waals surface area contributed by atoms with Crippen molar-refractivity contribution in [1.82, 2.24) is 9.80 Å². The van der Waals surface area contributed by atoms with Crippen molar-refractivity contribution in [3.8, 4) is 5.75 Å². The molecule has 1 heterocycles. The van der Waals surface area contributed by atoms with Crippen molar-refractivity contribution in [2.24, 2.45) is 0 Å². The number of hydrogen-bond donors (Lipinski definition) is 1. The molecule has 1 atom stereocenters. The minimum Gasteiger partial charge on any atom is -0.481 e. The summed E-state index contributed by atoms with van der Waals surface area (Å²) in [5, 5.41) is 2.89. The third-order valence-electron chi connectivity index (χ3n) is 4.86. The van der Waals surface area contributed by atoms with Gasteiger partial charge in [0.05, 0.1) is 6.54 Å². The Hall–Kier alpha value is -2.93. The number of nitrogens with zero attached hydrogens (tertiary/aromatic N) is 2. The molecule has 2 aromatic rings. The molecule has 0 radical (unpaired) electrons. The standard InChI is InChI=1S/C22H26FN3O3/c1-16-3-7-19(8-4-16)24-21(27)15-25-11-13-26(14-12-25)22(28)17(2)29-20-9-5-18(23)6-10-20/h3-10,17H,11-15H2,1-2H3,(H,24,27)/t17-/m1/s1. The quantitative estimate of drug-likeness (QED) is 0.811. The molecule has 0 spiro atoms. The van der Waals surface area contributed by atoms with Gasteiger partial charge in [-0.2, -0.15) is 0 Å². The highest BCUT2D eigenvalue weighted by molar-refractivity contribution is 5.92. The summed E-state index contributed by atoms with van der Waals surface area (Å²) < 4.78 is 18.6. The van der Waals surface area contributed by atoms with Crippen molar-refractivity contribution in [1.29, 1.82) is 0 Å². The zero-order valence-corrected chi connectivity index (χ0v) is 16.7. The predicted molar refractivity (Wildman–Crippen MR) is 109 cm³/mol. The molecule has 0 aromatic heterocycles. The van der Waals surface area contributed by atoms with E-state index in [9.17, 15) is 14.0 Å². The molecule has 3 rings (SSSR count). The Morgan fingerprint density at radius 2 is 1.66 bits per heavy atom. The van der Waals surface area contributed by atoms with Crippen molar-refractivity contribution >= 4 is 17.5 Å². The van der Waals surface area contributed by atoms with Crippen molar-refractivity contribution in [2.75, 3.05) is 38.0 Å². The van der Waals surface area contributed by atoms with Crippen LogP contribution in [0.15, 0.2) is 48.5 Å². The first-order valence-corrected chi connectivity index (χ1v) is 9.70. The second-order valence-corrected chi connectivity index (χ2v) is 7.23. The van der Waals surface area contributed by atoms with Crippen LogP contribution in [0.3, 0.4) is 0 Å². The second-order valence-electron chi connectivity index (χ2n) is 7.23. The van der Waals surface area contributed by atoms with E-state index in [4.69, 9.17) is 4.74 Å². The Labute approximate surface area is 170 Å². The van der Waals surface area contributed by atoms with Crippen LogP contribution in [0.1, 0.15) is 12.5 Å². The Morgan fingerprint density at radius 3 is 2.28 bits per heavy atom. The summed E-state index contributed by atoms with van der Waals surface area (Å²) in [6.07, 6.45) is -0.656. The molecule has 0 aliphatic carbocycles. The van der Waals surface area contributed by atoms with Gasteiger partial charge in [0, 0.05) is 31.9 Å². The number of carbonyl (C=O) groups excluding carboxylic acids is 2. The van der Waals surface area contributed by atoms with Crippen LogP contribution in [0.2, 0.25) is 0 Å². The first-order chi connectivity index (χ1) is 13.9. The highest BCUT2D eigenvalue weighted by atomic mass is 19.1. The summed E-state index contributed by atoms with van der Waals surface area (Å²) in [6, 6.07) is 13.3. The van der Waals surface area contributed by atoms with Crippen LogP contribution >= 0.6 is 0 Å². The van der Waals surface area contributed by atoms with Gasteiger partial charge < -0.3 is 15.0 Å². The normalized spacial score (nSPS) is 15.6. The maximum atomic E-state index is 13.0. The van der Waals surface area contributed by atoms with Gasteiger partial charge in [0.25, 0.3) is 5.91 Å². The van der Waals surface area contributed by atoms with Gasteiger partial charge in [-0.1, -0.05) is 17.7 Å². The van der Waals surface area contributed by atoms with Gasteiger partial charge in [0.2, 0.25) is 5.91 Å². The molecular formula is C22H26FN3O3. The van der Waals surface area contributed by atoms with Crippen LogP contribution in [0, 0.1) is 12.7 Å². The van der Waals surface area contributed by atoms with E-state index in [0.717, 1.165) is 11.3 Å². The number of benzene rings is 2. The van der Waals surface area contributed by atoms with Crippen molar-refractivity contribution < 1.29 is 18.7 Å². The highest BCUT2D eigenvalue weighted by Crippen LogP contribution is 2.15. The Morgan fingerprint density at radius 1 is 1.03 bits per heavy atom.